The number of benzene rings is 1. The number of methoxy groups -OCH3 is 2. The predicted molar refractivity (Wildman–Crippen MR) is 94.2 cm³/mol. The minimum Gasteiger partial charge on any atom is -0.493 e. The number of carbonyl (C=O) groups is 1. The van der Waals surface area contributed by atoms with E-state index in [0.717, 1.165) is 17.8 Å². The average molecular weight is 346 g/mol. The van der Waals surface area contributed by atoms with Gasteiger partial charge in [-0.15, -0.1) is 11.3 Å². The third-order valence-corrected chi connectivity index (χ3v) is 5.57. The van der Waals surface area contributed by atoms with Crippen LogP contribution in [0.2, 0.25) is 0 Å². The van der Waals surface area contributed by atoms with E-state index in [4.69, 9.17) is 14.5 Å². The Labute approximate surface area is 146 Å². The van der Waals surface area contributed by atoms with Gasteiger partial charge in [-0.1, -0.05) is 6.07 Å². The molecule has 2 aromatic rings. The van der Waals surface area contributed by atoms with Gasteiger partial charge in [0, 0.05) is 4.88 Å². The molecular weight excluding hydrogens is 324 g/mol. The predicted octanol–water partition coefficient (Wildman–Crippen LogP) is 3.53. The van der Waals surface area contributed by atoms with Gasteiger partial charge in [-0.05, 0) is 44.7 Å². The summed E-state index contributed by atoms with van der Waals surface area (Å²) in [5.74, 6) is 0.803. The summed E-state index contributed by atoms with van der Waals surface area (Å²) in [7, 11) is 3.09. The summed E-state index contributed by atoms with van der Waals surface area (Å²) in [4.78, 5) is 18.7. The number of nitrogens with zero attached hydrogens (tertiary/aromatic N) is 1. The van der Waals surface area contributed by atoms with Gasteiger partial charge in [-0.2, -0.15) is 0 Å². The molecular formula is C18H22N2O3S. The summed E-state index contributed by atoms with van der Waals surface area (Å²) in [5.41, 5.74) is 1.67. The van der Waals surface area contributed by atoms with Gasteiger partial charge in [0.05, 0.1) is 31.5 Å². The lowest BCUT2D eigenvalue weighted by atomic mass is 10.0. The first-order valence-electron chi connectivity index (χ1n) is 8.14. The standard InChI is InChI=1S/C18H22N2O3S/c1-11(18-20-13-8-4-5-10-15(13)24-18)19-17(21)12-7-6-9-14(22-2)16(12)23-3/h6-7,9,11H,4-5,8,10H2,1-3H3,(H,19,21)/t11-/m0/s1. The molecule has 6 heteroatoms. The Hall–Kier alpha value is -2.08. The maximum Gasteiger partial charge on any atom is 0.255 e. The first kappa shape index (κ1) is 16.8. The second-order valence-electron chi connectivity index (χ2n) is 5.87. The quantitative estimate of drug-likeness (QED) is 0.900. The number of hydrogen-bond donors (Lipinski definition) is 1. The zero-order chi connectivity index (χ0) is 17.1. The van der Waals surface area contributed by atoms with Crippen molar-refractivity contribution in [2.75, 3.05) is 14.2 Å². The van der Waals surface area contributed by atoms with Crippen molar-refractivity contribution in [3.05, 3.63) is 39.3 Å². The molecule has 0 aliphatic heterocycles. The molecule has 0 unspecified atom stereocenters. The molecule has 128 valence electrons. The van der Waals surface area contributed by atoms with Crippen molar-refractivity contribution in [1.82, 2.24) is 10.3 Å². The van der Waals surface area contributed by atoms with E-state index in [-0.39, 0.29) is 11.9 Å². The highest BCUT2D eigenvalue weighted by molar-refractivity contribution is 7.11. The molecule has 24 heavy (non-hydrogen) atoms. The fraction of sp³-hybridized carbons (Fsp3) is 0.444. The van der Waals surface area contributed by atoms with Gasteiger partial charge in [-0.25, -0.2) is 4.98 Å². The van der Waals surface area contributed by atoms with E-state index in [9.17, 15) is 4.79 Å². The lowest BCUT2D eigenvalue weighted by Gasteiger charge is -2.15. The van der Waals surface area contributed by atoms with Crippen LogP contribution in [-0.4, -0.2) is 25.1 Å². The van der Waals surface area contributed by atoms with Crippen LogP contribution in [0.5, 0.6) is 11.5 Å². The summed E-state index contributed by atoms with van der Waals surface area (Å²) >= 11 is 1.72. The lowest BCUT2D eigenvalue weighted by Crippen LogP contribution is -2.27. The summed E-state index contributed by atoms with van der Waals surface area (Å²) in [6.45, 7) is 1.97. The number of aromatic nitrogens is 1. The van der Waals surface area contributed by atoms with Crippen molar-refractivity contribution < 1.29 is 14.3 Å². The molecule has 1 aliphatic carbocycles. The van der Waals surface area contributed by atoms with Crippen LogP contribution < -0.4 is 14.8 Å². The number of amides is 1. The van der Waals surface area contributed by atoms with Gasteiger partial charge in [0.1, 0.15) is 5.01 Å². The number of thiazole rings is 1. The Morgan fingerprint density at radius 2 is 2.04 bits per heavy atom. The normalized spacial score (nSPS) is 14.6. The number of aryl methyl sites for hydroxylation is 2. The molecule has 1 aliphatic rings. The number of nitrogens with one attached hydrogen (secondary N) is 1. The summed E-state index contributed by atoms with van der Waals surface area (Å²) in [5, 5.41) is 3.99. The van der Waals surface area contributed by atoms with Crippen LogP contribution in [-0.2, 0) is 12.8 Å². The van der Waals surface area contributed by atoms with Crippen LogP contribution in [0.1, 0.15) is 51.7 Å². The molecule has 0 spiro atoms. The molecule has 1 aromatic carbocycles. The number of fused-ring (bicyclic) bond motifs is 1. The molecule has 5 nitrogen and oxygen atoms in total. The third kappa shape index (κ3) is 3.24. The number of hydrogen-bond acceptors (Lipinski definition) is 5. The van der Waals surface area contributed by atoms with Crippen molar-refractivity contribution in [2.45, 2.75) is 38.6 Å². The Morgan fingerprint density at radius 3 is 2.75 bits per heavy atom. The zero-order valence-electron chi connectivity index (χ0n) is 14.2. The summed E-state index contributed by atoms with van der Waals surface area (Å²) in [6, 6.07) is 5.15. The molecule has 0 radical (unpaired) electrons. The smallest absolute Gasteiger partial charge is 0.255 e. The maximum absolute atomic E-state index is 12.6. The number of carbonyl (C=O) groups excluding carboxylic acids is 1. The van der Waals surface area contributed by atoms with Gasteiger partial charge in [0.15, 0.2) is 11.5 Å². The van der Waals surface area contributed by atoms with E-state index in [1.807, 2.05) is 6.92 Å². The topological polar surface area (TPSA) is 60.5 Å². The van der Waals surface area contributed by atoms with Crippen LogP contribution in [0.3, 0.4) is 0 Å². The molecule has 0 saturated heterocycles. The Kier molecular flexibility index (Phi) is 5.04. The minimum absolute atomic E-state index is 0.135. The fourth-order valence-electron chi connectivity index (χ4n) is 2.96. The number of para-hydroxylation sites is 1. The molecule has 1 atom stereocenters. The van der Waals surface area contributed by atoms with Crippen molar-refractivity contribution in [1.29, 1.82) is 0 Å². The first-order chi connectivity index (χ1) is 11.6. The molecule has 0 bridgehead atoms. The highest BCUT2D eigenvalue weighted by atomic mass is 32.1. The number of rotatable bonds is 5. The third-order valence-electron chi connectivity index (χ3n) is 4.23. The van der Waals surface area contributed by atoms with E-state index in [2.05, 4.69) is 5.32 Å². The van der Waals surface area contributed by atoms with E-state index in [1.165, 1.54) is 30.5 Å². The van der Waals surface area contributed by atoms with Gasteiger partial charge in [-0.3, -0.25) is 4.79 Å². The van der Waals surface area contributed by atoms with Crippen molar-refractivity contribution in [3.8, 4) is 11.5 Å². The van der Waals surface area contributed by atoms with Crippen molar-refractivity contribution in [3.63, 3.8) is 0 Å². The molecule has 0 saturated carbocycles. The van der Waals surface area contributed by atoms with Crippen LogP contribution in [0.4, 0.5) is 0 Å². The number of ether oxygens (including phenoxy) is 2. The van der Waals surface area contributed by atoms with Crippen LogP contribution in [0, 0.1) is 0 Å². The molecule has 1 heterocycles. The molecule has 3 rings (SSSR count). The molecule has 1 aromatic heterocycles. The molecule has 0 fully saturated rings. The zero-order valence-corrected chi connectivity index (χ0v) is 15.0. The van der Waals surface area contributed by atoms with Gasteiger partial charge >= 0.3 is 0 Å². The monoisotopic (exact) mass is 346 g/mol. The molecule has 1 N–H and O–H groups in total. The Bertz CT molecular complexity index is 718. The maximum atomic E-state index is 12.6. The highest BCUT2D eigenvalue weighted by Crippen LogP contribution is 2.32. The SMILES string of the molecule is COc1cccc(C(=O)N[C@@H](C)c2nc3c(s2)CCCC3)c1OC. The highest BCUT2D eigenvalue weighted by Gasteiger charge is 2.22. The summed E-state index contributed by atoms with van der Waals surface area (Å²) in [6.07, 6.45) is 4.60. The summed E-state index contributed by atoms with van der Waals surface area (Å²) < 4.78 is 10.6. The van der Waals surface area contributed by atoms with Crippen LogP contribution in [0.25, 0.3) is 0 Å². The Balaban J connectivity index is 1.78. The van der Waals surface area contributed by atoms with Crippen molar-refractivity contribution >= 4 is 17.2 Å². The van der Waals surface area contributed by atoms with E-state index in [1.54, 1.807) is 36.6 Å². The van der Waals surface area contributed by atoms with Gasteiger partial charge < -0.3 is 14.8 Å². The second-order valence-corrected chi connectivity index (χ2v) is 6.98. The Morgan fingerprint density at radius 1 is 1.25 bits per heavy atom. The molecule has 1 amide bonds. The van der Waals surface area contributed by atoms with Gasteiger partial charge in [0.2, 0.25) is 0 Å². The lowest BCUT2D eigenvalue weighted by molar-refractivity contribution is 0.0936. The largest absolute Gasteiger partial charge is 0.493 e. The van der Waals surface area contributed by atoms with Crippen LogP contribution >= 0.6 is 11.3 Å². The van der Waals surface area contributed by atoms with E-state index >= 15 is 0 Å². The van der Waals surface area contributed by atoms with Crippen molar-refractivity contribution in [2.24, 2.45) is 0 Å². The second kappa shape index (κ2) is 7.21. The van der Waals surface area contributed by atoms with Gasteiger partial charge in [0.25, 0.3) is 5.91 Å². The van der Waals surface area contributed by atoms with E-state index < -0.39 is 0 Å². The minimum atomic E-state index is -0.188. The first-order valence-corrected chi connectivity index (χ1v) is 8.96. The van der Waals surface area contributed by atoms with E-state index in [0.29, 0.717) is 17.1 Å². The fourth-order valence-corrected chi connectivity index (χ4v) is 4.12. The average Bonchev–Trinajstić information content (AvgIpc) is 3.05. The van der Waals surface area contributed by atoms with Crippen LogP contribution in [0.15, 0.2) is 18.2 Å².